The number of hydrogen-bond donors (Lipinski definition) is 3. The van der Waals surface area contributed by atoms with Crippen molar-refractivity contribution in [2.45, 2.75) is 38.4 Å². The molecular formula is C29H29FN8O3S. The van der Waals surface area contributed by atoms with Crippen molar-refractivity contribution in [3.63, 3.8) is 0 Å². The number of thiophene rings is 1. The molecule has 42 heavy (non-hydrogen) atoms. The monoisotopic (exact) mass is 588 g/mol. The smallest absolute Gasteiger partial charge is 0.272 e. The minimum absolute atomic E-state index is 0.0819. The number of anilines is 1. The van der Waals surface area contributed by atoms with E-state index in [1.165, 1.54) is 5.56 Å². The lowest BCUT2D eigenvalue weighted by Crippen LogP contribution is -2.49. The number of hydrazine groups is 2. The topological polar surface area (TPSA) is 128 Å². The van der Waals surface area contributed by atoms with E-state index >= 15 is 0 Å². The standard InChI is InChI=1S/C29H29FN8O3S/c1-16-34-36-38(35-16)26(19-7-11-42-15-19)17-5-9-37(10-6-17)29(40)24-12-18(4-8-31-24)28-33-23-13-20(2-3-25(23)41-28)32-27(39)21-14-22(21)30/h2-4,7-8,11-13,15,17,21-22,26,36H,5-6,9-10,14H2,1H3,(H,32,39)(H,34,35)/t21?,22-,26?/m0/s1. The number of nitrogens with zero attached hydrogens (tertiary/aromatic N) is 5. The average molecular weight is 589 g/mol. The summed E-state index contributed by atoms with van der Waals surface area (Å²) in [5.41, 5.74) is 10.1. The van der Waals surface area contributed by atoms with Gasteiger partial charge in [0.2, 0.25) is 11.8 Å². The van der Waals surface area contributed by atoms with Gasteiger partial charge in [0.25, 0.3) is 5.91 Å². The summed E-state index contributed by atoms with van der Waals surface area (Å²) in [5, 5.41) is 13.2. The van der Waals surface area contributed by atoms with Crippen molar-refractivity contribution in [1.82, 2.24) is 30.9 Å². The van der Waals surface area contributed by atoms with Gasteiger partial charge in [-0.2, -0.15) is 11.3 Å². The summed E-state index contributed by atoms with van der Waals surface area (Å²) in [7, 11) is 0. The average Bonchev–Trinajstić information content (AvgIpc) is 3.41. The molecule has 0 spiro atoms. The molecule has 2 fully saturated rings. The molecule has 0 radical (unpaired) electrons. The first-order valence-corrected chi connectivity index (χ1v) is 14.9. The Hall–Kier alpha value is -4.36. The molecule has 13 heteroatoms. The van der Waals surface area contributed by atoms with Crippen molar-refractivity contribution < 1.29 is 18.4 Å². The molecule has 0 bridgehead atoms. The number of rotatable bonds is 7. The van der Waals surface area contributed by atoms with Crippen LogP contribution in [0.1, 0.15) is 48.3 Å². The maximum absolute atomic E-state index is 13.5. The summed E-state index contributed by atoms with van der Waals surface area (Å²) in [5.74, 6) is 0.434. The summed E-state index contributed by atoms with van der Waals surface area (Å²) >= 11 is 1.67. The van der Waals surface area contributed by atoms with Crippen molar-refractivity contribution in [2.24, 2.45) is 16.9 Å². The highest BCUT2D eigenvalue weighted by Gasteiger charge is 2.43. The summed E-state index contributed by atoms with van der Waals surface area (Å²) in [6.07, 6.45) is 2.46. The molecule has 1 aromatic carbocycles. The summed E-state index contributed by atoms with van der Waals surface area (Å²) < 4.78 is 19.2. The van der Waals surface area contributed by atoms with Gasteiger partial charge >= 0.3 is 0 Å². The number of oxazole rings is 1. The van der Waals surface area contributed by atoms with Gasteiger partial charge in [0, 0.05) is 30.5 Å². The number of alkyl halides is 1. The molecule has 2 unspecified atom stereocenters. The molecule has 1 saturated carbocycles. The van der Waals surface area contributed by atoms with E-state index < -0.39 is 12.1 Å². The molecule has 3 N–H and O–H groups in total. The van der Waals surface area contributed by atoms with Crippen LogP contribution in [0.25, 0.3) is 22.6 Å². The van der Waals surface area contributed by atoms with Crippen LogP contribution >= 0.6 is 11.3 Å². The maximum Gasteiger partial charge on any atom is 0.272 e. The van der Waals surface area contributed by atoms with Gasteiger partial charge in [-0.25, -0.2) is 14.9 Å². The molecule has 11 nitrogen and oxygen atoms in total. The number of pyridine rings is 1. The number of amidine groups is 1. The van der Waals surface area contributed by atoms with Crippen molar-refractivity contribution in [2.75, 3.05) is 18.4 Å². The van der Waals surface area contributed by atoms with E-state index in [9.17, 15) is 14.0 Å². The number of aromatic nitrogens is 2. The zero-order chi connectivity index (χ0) is 28.8. The van der Waals surface area contributed by atoms with Gasteiger partial charge in [0.15, 0.2) is 5.58 Å². The minimum atomic E-state index is -1.06. The molecule has 7 rings (SSSR count). The third kappa shape index (κ3) is 5.21. The first-order chi connectivity index (χ1) is 20.4. The Kier molecular flexibility index (Phi) is 6.82. The van der Waals surface area contributed by atoms with Crippen LogP contribution in [0.4, 0.5) is 10.1 Å². The van der Waals surface area contributed by atoms with E-state index in [0.717, 1.165) is 18.7 Å². The fourth-order valence-corrected chi connectivity index (χ4v) is 6.31. The number of fused-ring (bicyclic) bond motifs is 1. The van der Waals surface area contributed by atoms with E-state index in [1.807, 2.05) is 16.9 Å². The molecule has 216 valence electrons. The summed E-state index contributed by atoms with van der Waals surface area (Å²) in [6, 6.07) is 10.8. The number of carbonyl (C=O) groups is 2. The second-order valence-corrected chi connectivity index (χ2v) is 11.7. The maximum atomic E-state index is 13.5. The number of nitrogens with one attached hydrogen (secondary N) is 3. The number of halogens is 1. The molecule has 2 aliphatic heterocycles. The van der Waals surface area contributed by atoms with Gasteiger partial charge in [-0.05, 0) is 84.8 Å². The molecule has 5 heterocycles. The molecule has 3 aromatic heterocycles. The summed E-state index contributed by atoms with van der Waals surface area (Å²) in [4.78, 5) is 36.4. The lowest BCUT2D eigenvalue weighted by Gasteiger charge is -2.38. The second-order valence-electron chi connectivity index (χ2n) is 10.9. The Labute approximate surface area is 244 Å². The molecule has 3 aliphatic rings. The molecular weight excluding hydrogens is 559 g/mol. The van der Waals surface area contributed by atoms with Gasteiger partial charge in [-0.3, -0.25) is 20.0 Å². The zero-order valence-electron chi connectivity index (χ0n) is 22.8. The number of carbonyl (C=O) groups excluding carboxylic acids is 2. The highest BCUT2D eigenvalue weighted by atomic mass is 32.1. The highest BCUT2D eigenvalue weighted by molar-refractivity contribution is 7.08. The Morgan fingerprint density at radius 3 is 2.74 bits per heavy atom. The van der Waals surface area contributed by atoms with E-state index in [1.54, 1.807) is 47.9 Å². The minimum Gasteiger partial charge on any atom is -0.436 e. The number of amides is 2. The number of benzene rings is 1. The van der Waals surface area contributed by atoms with Gasteiger partial charge in [-0.15, -0.1) is 10.2 Å². The Morgan fingerprint density at radius 2 is 2.02 bits per heavy atom. The van der Waals surface area contributed by atoms with Crippen LogP contribution in [0.15, 0.2) is 62.9 Å². The van der Waals surface area contributed by atoms with Gasteiger partial charge in [0.05, 0.1) is 12.0 Å². The van der Waals surface area contributed by atoms with Crippen molar-refractivity contribution in [3.05, 3.63) is 64.6 Å². The van der Waals surface area contributed by atoms with Crippen LogP contribution in [0, 0.1) is 11.8 Å². The molecule has 1 saturated heterocycles. The zero-order valence-corrected chi connectivity index (χ0v) is 23.6. The normalized spacial score (nSPS) is 21.5. The molecule has 4 aromatic rings. The fraction of sp³-hybridized carbons (Fsp3) is 0.345. The van der Waals surface area contributed by atoms with Crippen molar-refractivity contribution in [1.29, 1.82) is 0 Å². The number of hydrazone groups is 1. The first kappa shape index (κ1) is 26.5. The number of hydrogen-bond acceptors (Lipinski definition) is 10. The van der Waals surface area contributed by atoms with Crippen LogP contribution in [-0.2, 0) is 4.79 Å². The van der Waals surface area contributed by atoms with Crippen LogP contribution < -0.4 is 16.3 Å². The van der Waals surface area contributed by atoms with Crippen molar-refractivity contribution in [3.8, 4) is 11.5 Å². The molecule has 2 amide bonds. The summed E-state index contributed by atoms with van der Waals surface area (Å²) in [6.45, 7) is 3.15. The third-order valence-electron chi connectivity index (χ3n) is 7.97. The van der Waals surface area contributed by atoms with E-state index in [2.05, 4.69) is 48.2 Å². The number of piperidine rings is 1. The van der Waals surface area contributed by atoms with E-state index in [4.69, 9.17) is 4.42 Å². The quantitative estimate of drug-likeness (QED) is 0.288. The largest absolute Gasteiger partial charge is 0.436 e. The Bertz CT molecular complexity index is 1670. The van der Waals surface area contributed by atoms with Gasteiger partial charge in [-0.1, -0.05) is 0 Å². The molecule has 3 atom stereocenters. The predicted octanol–water partition coefficient (Wildman–Crippen LogP) is 4.50. The van der Waals surface area contributed by atoms with Crippen LogP contribution in [0.5, 0.6) is 0 Å². The van der Waals surface area contributed by atoms with Gasteiger partial charge in [0.1, 0.15) is 23.2 Å². The van der Waals surface area contributed by atoms with Crippen LogP contribution in [0.3, 0.4) is 0 Å². The van der Waals surface area contributed by atoms with Crippen LogP contribution in [0.2, 0.25) is 0 Å². The van der Waals surface area contributed by atoms with Gasteiger partial charge < -0.3 is 14.6 Å². The second kappa shape index (κ2) is 10.8. The lowest BCUT2D eigenvalue weighted by atomic mass is 9.86. The predicted molar refractivity (Wildman–Crippen MR) is 156 cm³/mol. The molecule has 1 aliphatic carbocycles. The number of likely N-dealkylation sites (tertiary alicyclic amines) is 1. The van der Waals surface area contributed by atoms with E-state index in [-0.39, 0.29) is 24.3 Å². The lowest BCUT2D eigenvalue weighted by molar-refractivity contribution is -0.117. The first-order valence-electron chi connectivity index (χ1n) is 13.9. The fourth-order valence-electron chi connectivity index (χ4n) is 5.62. The third-order valence-corrected chi connectivity index (χ3v) is 8.68. The van der Waals surface area contributed by atoms with E-state index in [0.29, 0.717) is 52.9 Å². The van der Waals surface area contributed by atoms with Crippen molar-refractivity contribution >= 4 is 45.8 Å². The Balaban J connectivity index is 1.03. The SMILES string of the molecule is CC1=NNN(C(c2ccsc2)C2CCN(C(=O)c3cc(-c4nc5cc(NC(=O)C6C[C@@H]6F)ccc5o4)ccn3)CC2)N1. The Morgan fingerprint density at radius 1 is 1.19 bits per heavy atom. The van der Waals surface area contributed by atoms with Crippen LogP contribution in [-0.4, -0.2) is 56.9 Å². The highest BCUT2D eigenvalue weighted by Crippen LogP contribution is 2.37.